The third kappa shape index (κ3) is 3.68. The molecule has 5 rings (SSSR count). The van der Waals surface area contributed by atoms with Crippen LogP contribution < -0.4 is 10.6 Å². The number of furan rings is 1. The number of thiophene rings is 1. The van der Waals surface area contributed by atoms with Gasteiger partial charge in [-0.05, 0) is 72.6 Å². The summed E-state index contributed by atoms with van der Waals surface area (Å²) in [7, 11) is 0. The first-order valence-electron chi connectivity index (χ1n) is 10.9. The molecule has 1 amide bonds. The molecular weight excluding hydrogens is 428 g/mol. The monoisotopic (exact) mass is 454 g/mol. The molecule has 1 aromatic carbocycles. The Bertz CT molecular complexity index is 1130. The van der Waals surface area contributed by atoms with Crippen molar-refractivity contribution in [3.05, 3.63) is 63.2 Å². The van der Waals surface area contributed by atoms with Gasteiger partial charge >= 0.3 is 0 Å². The highest BCUT2D eigenvalue weighted by atomic mass is 35.5. The number of carbonyl (C=O) groups excluding carboxylic acids is 1. The molecule has 0 spiro atoms. The zero-order chi connectivity index (χ0) is 21.8. The quantitative estimate of drug-likeness (QED) is 0.443. The molecule has 2 aromatic heterocycles. The Balaban J connectivity index is 1.40. The average molecular weight is 455 g/mol. The summed E-state index contributed by atoms with van der Waals surface area (Å²) in [6.45, 7) is 7.01. The minimum Gasteiger partial charge on any atom is -0.457 e. The molecule has 1 aliphatic carbocycles. The summed E-state index contributed by atoms with van der Waals surface area (Å²) in [6, 6.07) is 11.4. The van der Waals surface area contributed by atoms with E-state index >= 15 is 0 Å². The number of hydrogen-bond donors (Lipinski definition) is 2. The lowest BCUT2D eigenvalue weighted by atomic mass is 9.69. The van der Waals surface area contributed by atoms with Crippen LogP contribution >= 0.6 is 22.9 Å². The highest BCUT2D eigenvalue weighted by Crippen LogP contribution is 2.47. The number of amides is 1. The highest BCUT2D eigenvalue weighted by molar-refractivity contribution is 7.16. The van der Waals surface area contributed by atoms with Gasteiger partial charge in [0.25, 0.3) is 5.91 Å². The fourth-order valence-corrected chi connectivity index (χ4v) is 6.15. The molecule has 31 heavy (non-hydrogen) atoms. The van der Waals surface area contributed by atoms with Gasteiger partial charge < -0.3 is 15.1 Å². The fourth-order valence-electron chi connectivity index (χ4n) is 4.67. The second-order valence-corrected chi connectivity index (χ2v) is 10.8. The van der Waals surface area contributed by atoms with Crippen LogP contribution in [0.2, 0.25) is 5.02 Å². The van der Waals surface area contributed by atoms with E-state index in [1.807, 2.05) is 36.4 Å². The molecule has 162 valence electrons. The van der Waals surface area contributed by atoms with Gasteiger partial charge in [-0.1, -0.05) is 38.8 Å². The van der Waals surface area contributed by atoms with E-state index in [9.17, 15) is 4.79 Å². The zero-order valence-electron chi connectivity index (χ0n) is 18.0. The van der Waals surface area contributed by atoms with E-state index in [0.29, 0.717) is 22.1 Å². The number of halogens is 1. The largest absolute Gasteiger partial charge is 0.457 e. The van der Waals surface area contributed by atoms with E-state index in [1.165, 1.54) is 16.9 Å². The summed E-state index contributed by atoms with van der Waals surface area (Å²) in [5, 5.41) is 8.27. The number of rotatable bonds is 4. The summed E-state index contributed by atoms with van der Waals surface area (Å²) in [5.74, 6) is 2.11. The third-order valence-corrected chi connectivity index (χ3v) is 8.54. The highest BCUT2D eigenvalue weighted by Gasteiger charge is 2.37. The van der Waals surface area contributed by atoms with Crippen molar-refractivity contribution in [1.82, 2.24) is 5.32 Å². The second kappa shape index (κ2) is 7.72. The normalized spacial score (nSPS) is 20.6. The van der Waals surface area contributed by atoms with Crippen molar-refractivity contribution in [2.75, 3.05) is 5.32 Å². The lowest BCUT2D eigenvalue weighted by molar-refractivity contribution is 0.0930. The first-order chi connectivity index (χ1) is 14.9. The van der Waals surface area contributed by atoms with E-state index in [4.69, 9.17) is 16.0 Å². The molecular formula is C25H27ClN2O2S. The molecule has 3 heterocycles. The molecule has 2 atom stereocenters. The van der Waals surface area contributed by atoms with Crippen molar-refractivity contribution < 1.29 is 9.21 Å². The summed E-state index contributed by atoms with van der Waals surface area (Å²) in [6.07, 6.45) is 4.00. The number of fused-ring (bicyclic) bond motifs is 3. The Hall–Kier alpha value is -2.24. The first kappa shape index (κ1) is 20.7. The van der Waals surface area contributed by atoms with Gasteiger partial charge in [-0.3, -0.25) is 4.79 Å². The maximum Gasteiger partial charge on any atom is 0.256 e. The fraction of sp³-hybridized carbons (Fsp3) is 0.400. The maximum absolute atomic E-state index is 13.1. The van der Waals surface area contributed by atoms with Crippen molar-refractivity contribution in [2.24, 2.45) is 11.3 Å². The van der Waals surface area contributed by atoms with Gasteiger partial charge in [0.05, 0.1) is 5.56 Å². The number of anilines is 1. The molecule has 2 N–H and O–H groups in total. The molecule has 2 aliphatic rings. The summed E-state index contributed by atoms with van der Waals surface area (Å²) >= 11 is 7.73. The molecule has 0 fully saturated rings. The lowest BCUT2D eigenvalue weighted by Gasteiger charge is -2.36. The molecule has 0 bridgehead atoms. The van der Waals surface area contributed by atoms with Crippen molar-refractivity contribution in [3.8, 4) is 11.3 Å². The Morgan fingerprint density at radius 1 is 1.16 bits per heavy atom. The van der Waals surface area contributed by atoms with Crippen LogP contribution in [0.5, 0.6) is 0 Å². The molecule has 0 unspecified atom stereocenters. The maximum atomic E-state index is 13.1. The molecule has 0 saturated heterocycles. The number of carbonyl (C=O) groups is 1. The molecule has 6 heteroatoms. The summed E-state index contributed by atoms with van der Waals surface area (Å²) in [4.78, 5) is 14.4. The van der Waals surface area contributed by atoms with Crippen LogP contribution in [0.25, 0.3) is 11.3 Å². The molecule has 0 radical (unpaired) electrons. The van der Waals surface area contributed by atoms with Crippen molar-refractivity contribution in [2.45, 2.75) is 52.6 Å². The van der Waals surface area contributed by atoms with Gasteiger partial charge in [-0.25, -0.2) is 0 Å². The number of nitrogens with one attached hydrogen (secondary N) is 2. The molecule has 0 saturated carbocycles. The summed E-state index contributed by atoms with van der Waals surface area (Å²) in [5.41, 5.74) is 3.36. The zero-order valence-corrected chi connectivity index (χ0v) is 19.6. The van der Waals surface area contributed by atoms with Crippen LogP contribution in [0, 0.1) is 11.3 Å². The Labute approximate surface area is 192 Å². The van der Waals surface area contributed by atoms with Crippen LogP contribution in [-0.2, 0) is 12.8 Å². The number of benzene rings is 1. The Morgan fingerprint density at radius 2 is 1.94 bits per heavy atom. The van der Waals surface area contributed by atoms with Gasteiger partial charge in [-0.15, -0.1) is 11.3 Å². The second-order valence-electron chi connectivity index (χ2n) is 9.25. The first-order valence-corrected chi connectivity index (χ1v) is 12.1. The van der Waals surface area contributed by atoms with Crippen molar-refractivity contribution >= 4 is 33.8 Å². The van der Waals surface area contributed by atoms with Gasteiger partial charge in [-0.2, -0.15) is 0 Å². The smallest absolute Gasteiger partial charge is 0.256 e. The van der Waals surface area contributed by atoms with Crippen LogP contribution in [0.1, 0.15) is 66.3 Å². The topological polar surface area (TPSA) is 54.3 Å². The van der Waals surface area contributed by atoms with Gasteiger partial charge in [0.2, 0.25) is 0 Å². The van der Waals surface area contributed by atoms with Crippen LogP contribution in [0.3, 0.4) is 0 Å². The van der Waals surface area contributed by atoms with Crippen molar-refractivity contribution in [1.29, 1.82) is 0 Å². The van der Waals surface area contributed by atoms with Crippen molar-refractivity contribution in [3.63, 3.8) is 0 Å². The van der Waals surface area contributed by atoms with E-state index in [-0.39, 0.29) is 12.1 Å². The summed E-state index contributed by atoms with van der Waals surface area (Å²) < 4.78 is 6.08. The predicted octanol–water partition coefficient (Wildman–Crippen LogP) is 7.06. The predicted molar refractivity (Wildman–Crippen MR) is 127 cm³/mol. The Kier molecular flexibility index (Phi) is 5.14. The van der Waals surface area contributed by atoms with E-state index < -0.39 is 0 Å². The Morgan fingerprint density at radius 3 is 2.68 bits per heavy atom. The lowest BCUT2D eigenvalue weighted by Crippen LogP contribution is -2.38. The minimum atomic E-state index is -0.371. The standard InChI is InChI=1S/C25H27ClN2O2S/c1-4-25(2,3)15-7-10-17-20(13-15)31-24-21(17)23(29)27-22(28-24)19-12-11-18(30-19)14-5-8-16(26)9-6-14/h5-6,8-9,11-12,15,22,28H,4,7,10,13H2,1-3H3,(H,27,29)/t15-,22+/m0/s1. The minimum absolute atomic E-state index is 0.00565. The van der Waals surface area contributed by atoms with Gasteiger partial charge in [0.1, 0.15) is 16.5 Å². The van der Waals surface area contributed by atoms with Crippen LogP contribution in [-0.4, -0.2) is 5.91 Å². The van der Waals surface area contributed by atoms with Crippen LogP contribution in [0.15, 0.2) is 40.8 Å². The number of hydrogen-bond acceptors (Lipinski definition) is 4. The molecule has 4 nitrogen and oxygen atoms in total. The van der Waals surface area contributed by atoms with Crippen LogP contribution in [0.4, 0.5) is 5.00 Å². The van der Waals surface area contributed by atoms with Gasteiger partial charge in [0.15, 0.2) is 6.17 Å². The third-order valence-electron chi connectivity index (χ3n) is 7.10. The molecule has 3 aromatic rings. The van der Waals surface area contributed by atoms with E-state index in [2.05, 4.69) is 31.4 Å². The van der Waals surface area contributed by atoms with E-state index in [1.54, 1.807) is 11.3 Å². The SMILES string of the molecule is CCC(C)(C)[C@H]1CCc2c(sc3c2C(=O)N[C@@H](c2ccc(-c4ccc(Cl)cc4)o2)N3)C1. The van der Waals surface area contributed by atoms with E-state index in [0.717, 1.165) is 41.2 Å². The van der Waals surface area contributed by atoms with Gasteiger partial charge in [0, 0.05) is 15.5 Å². The molecule has 1 aliphatic heterocycles. The average Bonchev–Trinajstić information content (AvgIpc) is 3.38.